The molecule has 0 aromatic carbocycles. The second-order valence-electron chi connectivity index (χ2n) is 4.00. The largest absolute Gasteiger partial charge is 0.433 e. The third-order valence-electron chi connectivity index (χ3n) is 2.69. The van der Waals surface area contributed by atoms with Crippen molar-refractivity contribution >= 4 is 5.91 Å². The Morgan fingerprint density at radius 1 is 1.40 bits per heavy atom. The number of nitrogens with two attached hydrogens (primary N) is 1. The monoisotopic (exact) mass is 284 g/mol. The predicted octanol–water partition coefficient (Wildman–Crippen LogP) is 1.95. The van der Waals surface area contributed by atoms with Gasteiger partial charge in [0.05, 0.1) is 5.56 Å². The Balaban J connectivity index is 2.68. The van der Waals surface area contributed by atoms with Crippen molar-refractivity contribution < 1.29 is 18.0 Å². The SMILES string of the molecule is CCc1nccn1-c1nc(C(F)(F)F)ccc1C(N)=O. The lowest BCUT2D eigenvalue weighted by Crippen LogP contribution is -2.19. The highest BCUT2D eigenvalue weighted by molar-refractivity contribution is 5.95. The van der Waals surface area contributed by atoms with Gasteiger partial charge in [0.25, 0.3) is 5.91 Å². The van der Waals surface area contributed by atoms with Crippen LogP contribution in [-0.4, -0.2) is 20.4 Å². The van der Waals surface area contributed by atoms with Crippen LogP contribution < -0.4 is 5.73 Å². The van der Waals surface area contributed by atoms with E-state index in [1.165, 1.54) is 17.0 Å². The van der Waals surface area contributed by atoms with E-state index >= 15 is 0 Å². The number of aromatic nitrogens is 3. The molecule has 2 aromatic heterocycles. The van der Waals surface area contributed by atoms with Crippen molar-refractivity contribution in [1.82, 2.24) is 14.5 Å². The smallest absolute Gasteiger partial charge is 0.365 e. The van der Waals surface area contributed by atoms with Gasteiger partial charge in [0.2, 0.25) is 0 Å². The van der Waals surface area contributed by atoms with E-state index < -0.39 is 17.8 Å². The fourth-order valence-corrected chi connectivity index (χ4v) is 1.77. The van der Waals surface area contributed by atoms with Crippen LogP contribution in [0.1, 0.15) is 28.8 Å². The van der Waals surface area contributed by atoms with Crippen molar-refractivity contribution in [2.45, 2.75) is 19.5 Å². The molecule has 20 heavy (non-hydrogen) atoms. The molecule has 1 amide bonds. The number of imidazole rings is 1. The number of primary amides is 1. The Morgan fingerprint density at radius 3 is 2.65 bits per heavy atom. The molecule has 0 spiro atoms. The van der Waals surface area contributed by atoms with Crippen molar-refractivity contribution in [1.29, 1.82) is 0 Å². The lowest BCUT2D eigenvalue weighted by molar-refractivity contribution is -0.141. The molecule has 106 valence electrons. The number of pyridine rings is 1. The minimum atomic E-state index is -4.60. The lowest BCUT2D eigenvalue weighted by Gasteiger charge is -2.12. The molecule has 0 unspecified atom stereocenters. The van der Waals surface area contributed by atoms with E-state index in [0.717, 1.165) is 12.1 Å². The van der Waals surface area contributed by atoms with Crippen LogP contribution in [0.4, 0.5) is 13.2 Å². The van der Waals surface area contributed by atoms with Crippen LogP contribution in [0.3, 0.4) is 0 Å². The van der Waals surface area contributed by atoms with Gasteiger partial charge in [-0.2, -0.15) is 13.2 Å². The summed E-state index contributed by atoms with van der Waals surface area (Å²) in [7, 11) is 0. The number of carbonyl (C=O) groups excluding carboxylic acids is 1. The number of alkyl halides is 3. The van der Waals surface area contributed by atoms with Gasteiger partial charge in [-0.15, -0.1) is 0 Å². The molecule has 0 saturated carbocycles. The van der Waals surface area contributed by atoms with E-state index in [0.29, 0.717) is 12.2 Å². The number of rotatable bonds is 3. The molecule has 0 aliphatic carbocycles. The van der Waals surface area contributed by atoms with Gasteiger partial charge < -0.3 is 5.73 Å². The molecular weight excluding hydrogens is 273 g/mol. The highest BCUT2D eigenvalue weighted by atomic mass is 19.4. The molecule has 0 radical (unpaired) electrons. The van der Waals surface area contributed by atoms with Gasteiger partial charge in [0.1, 0.15) is 11.5 Å². The summed E-state index contributed by atoms with van der Waals surface area (Å²) in [4.78, 5) is 18.9. The summed E-state index contributed by atoms with van der Waals surface area (Å²) in [5.41, 5.74) is 4.00. The minimum Gasteiger partial charge on any atom is -0.365 e. The lowest BCUT2D eigenvalue weighted by atomic mass is 10.2. The number of hydrogen-bond donors (Lipinski definition) is 1. The minimum absolute atomic E-state index is 0.0919. The highest BCUT2D eigenvalue weighted by Crippen LogP contribution is 2.29. The van der Waals surface area contributed by atoms with Gasteiger partial charge in [-0.05, 0) is 12.1 Å². The zero-order valence-electron chi connectivity index (χ0n) is 10.5. The molecule has 0 fully saturated rings. The zero-order valence-corrected chi connectivity index (χ0v) is 10.5. The molecule has 2 heterocycles. The summed E-state index contributed by atoms with van der Waals surface area (Å²) in [5, 5.41) is 0. The first-order valence-corrected chi connectivity index (χ1v) is 5.75. The van der Waals surface area contributed by atoms with Gasteiger partial charge in [-0.1, -0.05) is 6.92 Å². The first-order chi connectivity index (χ1) is 9.34. The van der Waals surface area contributed by atoms with Gasteiger partial charge >= 0.3 is 6.18 Å². The highest BCUT2D eigenvalue weighted by Gasteiger charge is 2.33. The number of amides is 1. The molecule has 2 aromatic rings. The molecule has 0 saturated heterocycles. The molecule has 5 nitrogen and oxygen atoms in total. The van der Waals surface area contributed by atoms with Crippen molar-refractivity contribution in [3.05, 3.63) is 41.6 Å². The molecule has 8 heteroatoms. The Morgan fingerprint density at radius 2 is 2.10 bits per heavy atom. The van der Waals surface area contributed by atoms with Crippen LogP contribution in [0.25, 0.3) is 5.82 Å². The normalized spacial score (nSPS) is 11.6. The van der Waals surface area contributed by atoms with Gasteiger partial charge in [-0.3, -0.25) is 9.36 Å². The summed E-state index contributed by atoms with van der Waals surface area (Å²) >= 11 is 0. The average molecular weight is 284 g/mol. The van der Waals surface area contributed by atoms with Crippen LogP contribution in [0.15, 0.2) is 24.5 Å². The topological polar surface area (TPSA) is 73.8 Å². The molecule has 2 N–H and O–H groups in total. The maximum Gasteiger partial charge on any atom is 0.433 e. The van der Waals surface area contributed by atoms with E-state index in [-0.39, 0.29) is 11.4 Å². The van der Waals surface area contributed by atoms with Crippen LogP contribution in [-0.2, 0) is 12.6 Å². The summed E-state index contributed by atoms with van der Waals surface area (Å²) in [6.07, 6.45) is -1.26. The average Bonchev–Trinajstić information content (AvgIpc) is 2.84. The fourth-order valence-electron chi connectivity index (χ4n) is 1.77. The van der Waals surface area contributed by atoms with Crippen LogP contribution in [0, 0.1) is 0 Å². The standard InChI is InChI=1S/C12H11F3N4O/c1-2-9-17-5-6-19(9)11-7(10(16)20)3-4-8(18-11)12(13,14)15/h3-6H,2H2,1H3,(H2,16,20). The number of nitrogens with zero attached hydrogens (tertiary/aromatic N) is 3. The Labute approximate surface area is 112 Å². The van der Waals surface area contributed by atoms with Crippen LogP contribution in [0.2, 0.25) is 0 Å². The van der Waals surface area contributed by atoms with Gasteiger partial charge in [0, 0.05) is 18.8 Å². The third-order valence-corrected chi connectivity index (χ3v) is 2.69. The molecule has 0 bridgehead atoms. The van der Waals surface area contributed by atoms with Crippen molar-refractivity contribution in [3.8, 4) is 5.82 Å². The van der Waals surface area contributed by atoms with E-state index in [2.05, 4.69) is 9.97 Å². The van der Waals surface area contributed by atoms with Crippen molar-refractivity contribution in [2.24, 2.45) is 5.73 Å². The van der Waals surface area contributed by atoms with Crippen molar-refractivity contribution in [2.75, 3.05) is 0 Å². The first kappa shape index (κ1) is 14.0. The Bertz CT molecular complexity index is 648. The molecule has 0 aliphatic rings. The van der Waals surface area contributed by atoms with E-state index in [1.807, 2.05) is 0 Å². The van der Waals surface area contributed by atoms with Crippen LogP contribution in [0.5, 0.6) is 0 Å². The number of carbonyl (C=O) groups is 1. The van der Waals surface area contributed by atoms with Gasteiger partial charge in [-0.25, -0.2) is 9.97 Å². The van der Waals surface area contributed by atoms with Crippen LogP contribution >= 0.6 is 0 Å². The van der Waals surface area contributed by atoms with Crippen molar-refractivity contribution in [3.63, 3.8) is 0 Å². The molecule has 0 atom stereocenters. The summed E-state index contributed by atoms with van der Waals surface area (Å²) in [6, 6.07) is 1.75. The maximum atomic E-state index is 12.7. The Hall–Kier alpha value is -2.38. The van der Waals surface area contributed by atoms with E-state index in [4.69, 9.17) is 5.73 Å². The number of aryl methyl sites for hydroxylation is 1. The second kappa shape index (κ2) is 4.95. The summed E-state index contributed by atoms with van der Waals surface area (Å²) < 4.78 is 39.5. The molecular formula is C12H11F3N4O. The molecule has 0 aliphatic heterocycles. The third kappa shape index (κ3) is 2.49. The number of halogens is 3. The predicted molar refractivity (Wildman–Crippen MR) is 64.3 cm³/mol. The number of hydrogen-bond acceptors (Lipinski definition) is 3. The Kier molecular flexibility index (Phi) is 3.47. The van der Waals surface area contributed by atoms with E-state index in [1.54, 1.807) is 6.92 Å². The molecule has 2 rings (SSSR count). The summed E-state index contributed by atoms with van der Waals surface area (Å²) in [6.45, 7) is 1.79. The summed E-state index contributed by atoms with van der Waals surface area (Å²) in [5.74, 6) is -0.530. The second-order valence-corrected chi connectivity index (χ2v) is 4.00. The van der Waals surface area contributed by atoms with E-state index in [9.17, 15) is 18.0 Å². The quantitative estimate of drug-likeness (QED) is 0.936. The zero-order chi connectivity index (χ0) is 14.9. The first-order valence-electron chi connectivity index (χ1n) is 5.75. The van der Waals surface area contributed by atoms with Gasteiger partial charge in [0.15, 0.2) is 5.82 Å². The maximum absolute atomic E-state index is 12.7. The fraction of sp³-hybridized carbons (Fsp3) is 0.250.